The largest absolute Gasteiger partial charge is 0.394 e. The number of aromatic nitrogens is 6. The van der Waals surface area contributed by atoms with E-state index in [0.717, 1.165) is 35.3 Å². The van der Waals surface area contributed by atoms with Crippen molar-refractivity contribution in [2.75, 3.05) is 6.61 Å². The smallest absolute Gasteiger partial charge is 0.194 e. The minimum atomic E-state index is -1.62. The molecule has 0 bridgehead atoms. The second kappa shape index (κ2) is 9.37. The van der Waals surface area contributed by atoms with Crippen LogP contribution < -0.4 is 0 Å². The third-order valence-corrected chi connectivity index (χ3v) is 5.83. The van der Waals surface area contributed by atoms with Crippen LogP contribution in [-0.2, 0) is 4.74 Å². The second-order valence-corrected chi connectivity index (χ2v) is 8.13. The Morgan fingerprint density at radius 2 is 1.69 bits per heavy atom. The Hall–Kier alpha value is -3.75. The van der Waals surface area contributed by atoms with Gasteiger partial charge in [0, 0.05) is 18.1 Å². The SMILES string of the molecule is OCC1OC(c2ncnn2-c2cc(F)cc(F)c2)CC(n2cc(-c3cc(F)c(F)c(F)c3)nn2)C1O. The first-order chi connectivity index (χ1) is 17.2. The molecule has 3 heterocycles. The van der Waals surface area contributed by atoms with E-state index in [4.69, 9.17) is 4.74 Å². The molecule has 0 aliphatic carbocycles. The fourth-order valence-electron chi connectivity index (χ4n) is 4.14. The summed E-state index contributed by atoms with van der Waals surface area (Å²) in [6.07, 6.45) is -0.868. The number of benzene rings is 2. The van der Waals surface area contributed by atoms with Crippen molar-refractivity contribution in [3.05, 3.63) is 77.8 Å². The van der Waals surface area contributed by atoms with E-state index in [-0.39, 0.29) is 29.2 Å². The molecule has 1 aliphatic rings. The first-order valence-electron chi connectivity index (χ1n) is 10.6. The van der Waals surface area contributed by atoms with E-state index in [9.17, 15) is 32.2 Å². The van der Waals surface area contributed by atoms with Crippen LogP contribution in [0.4, 0.5) is 22.0 Å². The highest BCUT2D eigenvalue weighted by Crippen LogP contribution is 2.38. The molecule has 0 spiro atoms. The number of aliphatic hydroxyl groups excluding tert-OH is 2. The standard InChI is InChI=1S/C22H17F5N6O3/c23-11-3-12(24)5-13(4-11)33-22(28-9-29-33)18-6-17(21(35)19(8-34)36-18)32-7-16(30-31-32)10-1-14(25)20(27)15(26)2-10/h1-5,7,9,17-19,21,34-35H,6,8H2. The summed E-state index contributed by atoms with van der Waals surface area (Å²) < 4.78 is 76.4. The summed E-state index contributed by atoms with van der Waals surface area (Å²) in [5.74, 6) is -5.96. The van der Waals surface area contributed by atoms with E-state index < -0.39 is 60.0 Å². The van der Waals surface area contributed by atoms with Crippen molar-refractivity contribution in [3.63, 3.8) is 0 Å². The lowest BCUT2D eigenvalue weighted by atomic mass is 9.95. The van der Waals surface area contributed by atoms with E-state index >= 15 is 0 Å². The maximum Gasteiger partial charge on any atom is 0.194 e. The summed E-state index contributed by atoms with van der Waals surface area (Å²) in [5.41, 5.74) is -0.0421. The van der Waals surface area contributed by atoms with Crippen molar-refractivity contribution >= 4 is 0 Å². The minimum absolute atomic E-state index is 0.00185. The van der Waals surface area contributed by atoms with E-state index in [1.54, 1.807) is 0 Å². The van der Waals surface area contributed by atoms with Crippen LogP contribution in [0.25, 0.3) is 16.9 Å². The molecule has 5 rings (SSSR count). The highest BCUT2D eigenvalue weighted by atomic mass is 19.2. The van der Waals surface area contributed by atoms with Crippen LogP contribution in [0.3, 0.4) is 0 Å². The van der Waals surface area contributed by atoms with Gasteiger partial charge in [0.15, 0.2) is 23.3 Å². The van der Waals surface area contributed by atoms with E-state index in [0.29, 0.717) is 6.07 Å². The Morgan fingerprint density at radius 1 is 1.00 bits per heavy atom. The summed E-state index contributed by atoms with van der Waals surface area (Å²) >= 11 is 0. The molecule has 9 nitrogen and oxygen atoms in total. The molecule has 2 aromatic heterocycles. The number of rotatable bonds is 5. The zero-order valence-electron chi connectivity index (χ0n) is 18.1. The molecule has 4 unspecified atom stereocenters. The summed E-state index contributed by atoms with van der Waals surface area (Å²) in [6, 6.07) is 3.44. The van der Waals surface area contributed by atoms with Gasteiger partial charge in [-0.15, -0.1) is 5.10 Å². The molecule has 2 aromatic carbocycles. The average molecular weight is 508 g/mol. The monoisotopic (exact) mass is 508 g/mol. The lowest BCUT2D eigenvalue weighted by Crippen LogP contribution is -2.45. The molecule has 14 heteroatoms. The van der Waals surface area contributed by atoms with Crippen molar-refractivity contribution in [2.24, 2.45) is 0 Å². The average Bonchev–Trinajstić information content (AvgIpc) is 3.52. The summed E-state index contributed by atoms with van der Waals surface area (Å²) in [6.45, 7) is -0.590. The predicted molar refractivity (Wildman–Crippen MR) is 111 cm³/mol. The highest BCUT2D eigenvalue weighted by molar-refractivity contribution is 5.57. The number of nitrogens with zero attached hydrogens (tertiary/aromatic N) is 6. The predicted octanol–water partition coefficient (Wildman–Crippen LogP) is 2.65. The number of ether oxygens (including phenoxy) is 1. The zero-order valence-corrected chi connectivity index (χ0v) is 18.1. The van der Waals surface area contributed by atoms with Crippen LogP contribution in [-0.4, -0.2) is 58.8 Å². The van der Waals surface area contributed by atoms with Gasteiger partial charge in [-0.05, 0) is 24.3 Å². The second-order valence-electron chi connectivity index (χ2n) is 8.13. The Morgan fingerprint density at radius 3 is 2.36 bits per heavy atom. The van der Waals surface area contributed by atoms with Gasteiger partial charge in [0.25, 0.3) is 0 Å². The van der Waals surface area contributed by atoms with Crippen LogP contribution in [0.1, 0.15) is 24.4 Å². The zero-order chi connectivity index (χ0) is 25.6. The number of aliphatic hydroxyl groups is 2. The highest BCUT2D eigenvalue weighted by Gasteiger charge is 2.41. The first-order valence-corrected chi connectivity index (χ1v) is 10.6. The fourth-order valence-corrected chi connectivity index (χ4v) is 4.14. The van der Waals surface area contributed by atoms with Crippen molar-refractivity contribution in [2.45, 2.75) is 30.8 Å². The Kier molecular flexibility index (Phi) is 6.24. The lowest BCUT2D eigenvalue weighted by Gasteiger charge is -2.38. The van der Waals surface area contributed by atoms with Crippen LogP contribution in [0.2, 0.25) is 0 Å². The van der Waals surface area contributed by atoms with Gasteiger partial charge >= 0.3 is 0 Å². The maximum absolute atomic E-state index is 13.8. The van der Waals surface area contributed by atoms with Crippen LogP contribution in [0.5, 0.6) is 0 Å². The molecular weight excluding hydrogens is 491 g/mol. The molecule has 0 radical (unpaired) electrons. The Balaban J connectivity index is 1.48. The fraction of sp³-hybridized carbons (Fsp3) is 0.273. The molecule has 4 aromatic rings. The molecule has 0 amide bonds. The molecule has 188 valence electrons. The molecule has 1 saturated heterocycles. The number of halogens is 5. The van der Waals surface area contributed by atoms with E-state index in [1.807, 2.05) is 0 Å². The number of hydrogen-bond acceptors (Lipinski definition) is 7. The minimum Gasteiger partial charge on any atom is -0.394 e. The van der Waals surface area contributed by atoms with Gasteiger partial charge in [0.1, 0.15) is 42.0 Å². The maximum atomic E-state index is 13.8. The van der Waals surface area contributed by atoms with Gasteiger partial charge in [-0.2, -0.15) is 5.10 Å². The molecule has 36 heavy (non-hydrogen) atoms. The van der Waals surface area contributed by atoms with Gasteiger partial charge in [0.05, 0.1) is 24.5 Å². The Labute approximate surface area is 199 Å². The third-order valence-electron chi connectivity index (χ3n) is 5.83. The van der Waals surface area contributed by atoms with Crippen LogP contribution >= 0.6 is 0 Å². The van der Waals surface area contributed by atoms with Crippen LogP contribution in [0.15, 0.2) is 42.9 Å². The number of hydrogen-bond donors (Lipinski definition) is 2. The molecule has 1 fully saturated rings. The lowest BCUT2D eigenvalue weighted by molar-refractivity contribution is -0.161. The van der Waals surface area contributed by atoms with Crippen LogP contribution in [0, 0.1) is 29.1 Å². The first kappa shape index (κ1) is 24.0. The van der Waals surface area contributed by atoms with Gasteiger partial charge < -0.3 is 14.9 Å². The van der Waals surface area contributed by atoms with Crippen molar-refractivity contribution in [1.82, 2.24) is 29.8 Å². The van der Waals surface area contributed by atoms with Crippen molar-refractivity contribution in [1.29, 1.82) is 0 Å². The molecule has 4 atom stereocenters. The molecule has 1 aliphatic heterocycles. The molecule has 0 saturated carbocycles. The summed E-state index contributed by atoms with van der Waals surface area (Å²) in [4.78, 5) is 4.13. The van der Waals surface area contributed by atoms with E-state index in [2.05, 4.69) is 20.4 Å². The van der Waals surface area contributed by atoms with Crippen molar-refractivity contribution in [3.8, 4) is 16.9 Å². The van der Waals surface area contributed by atoms with Gasteiger partial charge in [-0.3, -0.25) is 0 Å². The third kappa shape index (κ3) is 4.34. The summed E-state index contributed by atoms with van der Waals surface area (Å²) in [7, 11) is 0. The van der Waals surface area contributed by atoms with Crippen molar-refractivity contribution < 1.29 is 36.9 Å². The topological polar surface area (TPSA) is 111 Å². The van der Waals surface area contributed by atoms with E-state index in [1.165, 1.54) is 10.9 Å². The normalized spacial score (nSPS) is 22.2. The molecule has 2 N–H and O–H groups in total. The Bertz CT molecular complexity index is 1370. The quantitative estimate of drug-likeness (QED) is 0.315. The van der Waals surface area contributed by atoms with Gasteiger partial charge in [-0.1, -0.05) is 5.21 Å². The summed E-state index contributed by atoms with van der Waals surface area (Å²) in [5, 5.41) is 32.3. The van der Waals surface area contributed by atoms with Gasteiger partial charge in [0.2, 0.25) is 0 Å². The van der Waals surface area contributed by atoms with Gasteiger partial charge in [-0.25, -0.2) is 36.3 Å². The molecular formula is C22H17F5N6O3.